The van der Waals surface area contributed by atoms with Crippen molar-refractivity contribution in [3.8, 4) is 11.3 Å². The normalized spacial score (nSPS) is 17.0. The maximum Gasteiger partial charge on any atom is 0.256 e. The summed E-state index contributed by atoms with van der Waals surface area (Å²) in [6.07, 6.45) is 1.47. The van der Waals surface area contributed by atoms with E-state index in [9.17, 15) is 4.79 Å². The zero-order valence-electron chi connectivity index (χ0n) is 11.0. The Morgan fingerprint density at radius 2 is 1.95 bits per heavy atom. The van der Waals surface area contributed by atoms with E-state index in [2.05, 4.69) is 20.8 Å². The summed E-state index contributed by atoms with van der Waals surface area (Å²) in [6.45, 7) is 0. The summed E-state index contributed by atoms with van der Waals surface area (Å²) in [5, 5.41) is 16.3. The quantitative estimate of drug-likeness (QED) is 0.681. The Hall–Kier alpha value is -2.60. The van der Waals surface area contributed by atoms with Crippen molar-refractivity contribution in [2.75, 3.05) is 5.32 Å². The van der Waals surface area contributed by atoms with E-state index in [1.54, 1.807) is 6.20 Å². The Kier molecular flexibility index (Phi) is 2.75. The number of hydrogen-bond donors (Lipinski definition) is 3. The van der Waals surface area contributed by atoms with Gasteiger partial charge in [0.2, 0.25) is 0 Å². The lowest BCUT2D eigenvalue weighted by molar-refractivity contribution is 0.0936. The molecule has 1 unspecified atom stereocenters. The third kappa shape index (κ3) is 2.00. The predicted octanol–water partition coefficient (Wildman–Crippen LogP) is 2.99. The van der Waals surface area contributed by atoms with Gasteiger partial charge in [0.25, 0.3) is 5.91 Å². The predicted molar refractivity (Wildman–Crippen MR) is 82.2 cm³/mol. The van der Waals surface area contributed by atoms with Crippen molar-refractivity contribution in [3.63, 3.8) is 0 Å². The number of anilines is 1. The minimum atomic E-state index is -0.280. The van der Waals surface area contributed by atoms with Crippen LogP contribution in [-0.2, 0) is 0 Å². The van der Waals surface area contributed by atoms with Gasteiger partial charge in [-0.2, -0.15) is 5.10 Å². The van der Waals surface area contributed by atoms with Crippen LogP contribution >= 0.6 is 11.3 Å². The number of hydrogen-bond acceptors (Lipinski definition) is 4. The van der Waals surface area contributed by atoms with E-state index in [-0.39, 0.29) is 12.1 Å². The molecular formula is C15H12N4OS. The number of rotatable bonds is 2. The van der Waals surface area contributed by atoms with Gasteiger partial charge in [0, 0.05) is 5.56 Å². The number of nitrogens with zero attached hydrogens (tertiary/aromatic N) is 1. The van der Waals surface area contributed by atoms with Crippen LogP contribution < -0.4 is 10.6 Å². The molecule has 0 aliphatic carbocycles. The van der Waals surface area contributed by atoms with Crippen LogP contribution in [0.25, 0.3) is 11.3 Å². The summed E-state index contributed by atoms with van der Waals surface area (Å²) in [5.41, 5.74) is 3.57. The molecular weight excluding hydrogens is 284 g/mol. The number of fused-ring (bicyclic) bond motifs is 1. The molecule has 1 aliphatic rings. The summed E-state index contributed by atoms with van der Waals surface area (Å²) in [7, 11) is 0. The van der Waals surface area contributed by atoms with Crippen LogP contribution in [0.4, 0.5) is 5.00 Å². The Morgan fingerprint density at radius 3 is 2.81 bits per heavy atom. The number of nitrogens with one attached hydrogen (secondary N) is 3. The molecule has 5 nitrogen and oxygen atoms in total. The standard InChI is InChI=1S/C15H12N4OS/c20-14-10-6-7-21-15(10)18-13(17-14)11-8-16-19-12(11)9-4-2-1-3-5-9/h1-8,13,18H,(H,16,19)(H,17,20). The molecule has 1 aromatic carbocycles. The molecule has 2 aromatic heterocycles. The zero-order chi connectivity index (χ0) is 14.2. The van der Waals surface area contributed by atoms with Gasteiger partial charge in [0.1, 0.15) is 11.2 Å². The fraction of sp³-hybridized carbons (Fsp3) is 0.0667. The lowest BCUT2D eigenvalue weighted by Crippen LogP contribution is -2.37. The Bertz CT molecular complexity index is 793. The highest BCUT2D eigenvalue weighted by molar-refractivity contribution is 7.14. The molecule has 1 amide bonds. The van der Waals surface area contributed by atoms with Gasteiger partial charge in [-0.15, -0.1) is 11.3 Å². The summed E-state index contributed by atoms with van der Waals surface area (Å²) in [4.78, 5) is 12.1. The molecule has 0 radical (unpaired) electrons. The van der Waals surface area contributed by atoms with Crippen LogP contribution in [0.15, 0.2) is 48.0 Å². The Morgan fingerprint density at radius 1 is 1.10 bits per heavy atom. The molecule has 3 N–H and O–H groups in total. The molecule has 104 valence electrons. The molecule has 4 rings (SSSR count). The van der Waals surface area contributed by atoms with E-state index in [0.29, 0.717) is 5.56 Å². The summed E-state index contributed by atoms with van der Waals surface area (Å²) >= 11 is 1.53. The summed E-state index contributed by atoms with van der Waals surface area (Å²) < 4.78 is 0. The highest BCUT2D eigenvalue weighted by Crippen LogP contribution is 2.33. The van der Waals surface area contributed by atoms with Crippen molar-refractivity contribution in [3.05, 3.63) is 59.1 Å². The lowest BCUT2D eigenvalue weighted by Gasteiger charge is -2.25. The lowest BCUT2D eigenvalue weighted by atomic mass is 10.1. The first-order valence-electron chi connectivity index (χ1n) is 6.56. The molecule has 1 atom stereocenters. The van der Waals surface area contributed by atoms with E-state index in [4.69, 9.17) is 0 Å². The van der Waals surface area contributed by atoms with Gasteiger partial charge in [-0.05, 0) is 17.0 Å². The van der Waals surface area contributed by atoms with Gasteiger partial charge in [0.05, 0.1) is 17.5 Å². The average molecular weight is 296 g/mol. The third-order valence-corrected chi connectivity index (χ3v) is 4.35. The number of aromatic amines is 1. The van der Waals surface area contributed by atoms with Crippen LogP contribution in [-0.4, -0.2) is 16.1 Å². The second-order valence-corrected chi connectivity index (χ2v) is 5.70. The molecule has 6 heteroatoms. The molecule has 3 aromatic rings. The number of amides is 1. The van der Waals surface area contributed by atoms with Crippen LogP contribution in [0, 0.1) is 0 Å². The van der Waals surface area contributed by atoms with Crippen molar-refractivity contribution >= 4 is 22.2 Å². The molecule has 0 spiro atoms. The SMILES string of the molecule is O=C1NC(c2cn[nH]c2-c2ccccc2)Nc2sccc21. The number of aromatic nitrogens is 2. The van der Waals surface area contributed by atoms with E-state index in [1.165, 1.54) is 11.3 Å². The minimum absolute atomic E-state index is 0.0600. The fourth-order valence-corrected chi connectivity index (χ4v) is 3.30. The monoisotopic (exact) mass is 296 g/mol. The zero-order valence-corrected chi connectivity index (χ0v) is 11.8. The van der Waals surface area contributed by atoms with Gasteiger partial charge < -0.3 is 10.6 Å². The van der Waals surface area contributed by atoms with Crippen LogP contribution in [0.5, 0.6) is 0 Å². The van der Waals surface area contributed by atoms with E-state index in [1.807, 2.05) is 41.8 Å². The number of carbonyl (C=O) groups excluding carboxylic acids is 1. The molecule has 21 heavy (non-hydrogen) atoms. The topological polar surface area (TPSA) is 69.8 Å². The first-order valence-corrected chi connectivity index (χ1v) is 7.44. The molecule has 1 aliphatic heterocycles. The second-order valence-electron chi connectivity index (χ2n) is 4.78. The molecule has 0 fully saturated rings. The van der Waals surface area contributed by atoms with Crippen molar-refractivity contribution in [2.45, 2.75) is 6.17 Å². The average Bonchev–Trinajstić information content (AvgIpc) is 3.17. The fourth-order valence-electron chi connectivity index (χ4n) is 2.48. The number of benzene rings is 1. The number of thiophene rings is 1. The number of carbonyl (C=O) groups is 1. The molecule has 0 saturated carbocycles. The maximum atomic E-state index is 12.1. The van der Waals surface area contributed by atoms with E-state index >= 15 is 0 Å². The smallest absolute Gasteiger partial charge is 0.256 e. The van der Waals surface area contributed by atoms with E-state index in [0.717, 1.165) is 21.8 Å². The first kappa shape index (κ1) is 12.2. The van der Waals surface area contributed by atoms with Gasteiger partial charge in [-0.3, -0.25) is 9.89 Å². The Labute approximate surface area is 125 Å². The van der Waals surface area contributed by atoms with Gasteiger partial charge in [-0.1, -0.05) is 30.3 Å². The molecule has 0 saturated heterocycles. The largest absolute Gasteiger partial charge is 0.352 e. The molecule has 0 bridgehead atoms. The summed E-state index contributed by atoms with van der Waals surface area (Å²) in [6, 6.07) is 11.8. The third-order valence-electron chi connectivity index (χ3n) is 3.50. The van der Waals surface area contributed by atoms with Crippen LogP contribution in [0.1, 0.15) is 22.1 Å². The summed E-state index contributed by atoms with van der Waals surface area (Å²) in [5.74, 6) is -0.0600. The minimum Gasteiger partial charge on any atom is -0.352 e. The highest BCUT2D eigenvalue weighted by Gasteiger charge is 2.28. The second kappa shape index (κ2) is 4.75. The highest BCUT2D eigenvalue weighted by atomic mass is 32.1. The van der Waals surface area contributed by atoms with Crippen molar-refractivity contribution in [1.82, 2.24) is 15.5 Å². The van der Waals surface area contributed by atoms with Gasteiger partial charge in [0.15, 0.2) is 0 Å². The van der Waals surface area contributed by atoms with Gasteiger partial charge >= 0.3 is 0 Å². The van der Waals surface area contributed by atoms with Crippen molar-refractivity contribution in [2.24, 2.45) is 0 Å². The number of H-pyrrole nitrogens is 1. The van der Waals surface area contributed by atoms with E-state index < -0.39 is 0 Å². The van der Waals surface area contributed by atoms with Crippen LogP contribution in [0.2, 0.25) is 0 Å². The van der Waals surface area contributed by atoms with Crippen LogP contribution in [0.3, 0.4) is 0 Å². The van der Waals surface area contributed by atoms with Crippen molar-refractivity contribution < 1.29 is 4.79 Å². The van der Waals surface area contributed by atoms with Gasteiger partial charge in [-0.25, -0.2) is 0 Å². The maximum absolute atomic E-state index is 12.1. The first-order chi connectivity index (χ1) is 10.3. The molecule has 3 heterocycles. The Balaban J connectivity index is 1.73. The van der Waals surface area contributed by atoms with Crippen molar-refractivity contribution in [1.29, 1.82) is 0 Å².